The highest BCUT2D eigenvalue weighted by atomic mass is 16.5. The van der Waals surface area contributed by atoms with Crippen molar-refractivity contribution in [2.45, 2.75) is 25.6 Å². The van der Waals surface area contributed by atoms with Gasteiger partial charge in [0.05, 0.1) is 31.0 Å². The lowest BCUT2D eigenvalue weighted by Gasteiger charge is -2.30. The Morgan fingerprint density at radius 1 is 1.38 bits per heavy atom. The quantitative estimate of drug-likeness (QED) is 0.790. The average molecular weight is 330 g/mol. The zero-order chi connectivity index (χ0) is 16.9. The van der Waals surface area contributed by atoms with Gasteiger partial charge < -0.3 is 14.5 Å². The van der Waals surface area contributed by atoms with Gasteiger partial charge in [-0.3, -0.25) is 14.5 Å². The maximum atomic E-state index is 12.7. The van der Waals surface area contributed by atoms with Crippen LogP contribution < -0.4 is 4.74 Å². The predicted octanol–water partition coefficient (Wildman–Crippen LogP) is 0.415. The highest BCUT2D eigenvalue weighted by Crippen LogP contribution is 2.18. The maximum absolute atomic E-state index is 12.7. The molecule has 0 aliphatic carbocycles. The van der Waals surface area contributed by atoms with E-state index in [1.165, 1.54) is 0 Å². The Labute approximate surface area is 141 Å². The van der Waals surface area contributed by atoms with Crippen LogP contribution >= 0.6 is 0 Å². The molecule has 128 valence electrons. The van der Waals surface area contributed by atoms with Crippen LogP contribution in [0.1, 0.15) is 12.1 Å². The summed E-state index contributed by atoms with van der Waals surface area (Å²) < 4.78 is 7.71. The number of amides is 1. The second-order valence-electron chi connectivity index (χ2n) is 6.10. The van der Waals surface area contributed by atoms with E-state index in [1.54, 1.807) is 24.8 Å². The minimum Gasteiger partial charge on any atom is -0.474 e. The molecule has 1 amide bonds. The molecule has 0 saturated carbocycles. The van der Waals surface area contributed by atoms with E-state index in [0.717, 1.165) is 18.7 Å². The number of nitrogens with zero attached hydrogens (tertiary/aromatic N) is 6. The van der Waals surface area contributed by atoms with Gasteiger partial charge in [-0.1, -0.05) is 0 Å². The number of carbonyl (C=O) groups excluding carboxylic acids is 1. The van der Waals surface area contributed by atoms with Crippen molar-refractivity contribution in [1.29, 1.82) is 0 Å². The summed E-state index contributed by atoms with van der Waals surface area (Å²) in [6.07, 6.45) is 7.33. The number of aromatic nitrogens is 4. The number of hydrogen-bond acceptors (Lipinski definition) is 6. The van der Waals surface area contributed by atoms with E-state index in [2.05, 4.69) is 15.1 Å². The minimum atomic E-state index is -0.0267. The Kier molecular flexibility index (Phi) is 5.05. The second-order valence-corrected chi connectivity index (χ2v) is 6.10. The lowest BCUT2D eigenvalue weighted by atomic mass is 10.2. The topological polar surface area (TPSA) is 76.4 Å². The molecule has 2 aromatic rings. The van der Waals surface area contributed by atoms with Gasteiger partial charge in [0, 0.05) is 25.1 Å². The number of fused-ring (bicyclic) bond motifs is 1. The first kappa shape index (κ1) is 16.4. The number of likely N-dealkylation sites (N-methyl/N-ethyl adjacent to an activating group) is 1. The summed E-state index contributed by atoms with van der Waals surface area (Å²) in [4.78, 5) is 24.6. The molecule has 3 rings (SSSR count). The van der Waals surface area contributed by atoms with Crippen LogP contribution in [0.4, 0.5) is 0 Å². The molecule has 8 nitrogen and oxygen atoms in total. The molecule has 8 heteroatoms. The van der Waals surface area contributed by atoms with Gasteiger partial charge in [-0.2, -0.15) is 5.10 Å². The third-order valence-corrected chi connectivity index (χ3v) is 3.99. The molecule has 24 heavy (non-hydrogen) atoms. The zero-order valence-corrected chi connectivity index (χ0v) is 14.0. The van der Waals surface area contributed by atoms with Crippen LogP contribution in [0.3, 0.4) is 0 Å². The molecule has 3 heterocycles. The third kappa shape index (κ3) is 3.88. The molecule has 0 bridgehead atoms. The summed E-state index contributed by atoms with van der Waals surface area (Å²) in [5.41, 5.74) is 1.05. The van der Waals surface area contributed by atoms with Gasteiger partial charge in [0.15, 0.2) is 0 Å². The monoisotopic (exact) mass is 330 g/mol. The molecule has 1 atom stereocenters. The summed E-state index contributed by atoms with van der Waals surface area (Å²) >= 11 is 0. The number of ether oxygens (including phenoxy) is 1. The van der Waals surface area contributed by atoms with Crippen LogP contribution in [-0.4, -0.2) is 68.7 Å². The Morgan fingerprint density at radius 3 is 3.00 bits per heavy atom. The largest absolute Gasteiger partial charge is 0.474 e. The lowest BCUT2D eigenvalue weighted by Crippen LogP contribution is -2.46. The van der Waals surface area contributed by atoms with Crippen LogP contribution in [0.2, 0.25) is 0 Å². The van der Waals surface area contributed by atoms with E-state index >= 15 is 0 Å². The zero-order valence-electron chi connectivity index (χ0n) is 14.0. The number of carbonyl (C=O) groups is 1. The first-order valence-electron chi connectivity index (χ1n) is 7.97. The summed E-state index contributed by atoms with van der Waals surface area (Å²) in [5.74, 6) is 0.557. The van der Waals surface area contributed by atoms with Gasteiger partial charge in [0.1, 0.15) is 6.61 Å². The molecule has 2 aromatic heterocycles. The molecule has 1 aliphatic rings. The van der Waals surface area contributed by atoms with E-state index in [4.69, 9.17) is 4.74 Å². The Bertz CT molecular complexity index is 672. The lowest BCUT2D eigenvalue weighted by molar-refractivity contribution is -0.135. The van der Waals surface area contributed by atoms with Crippen molar-refractivity contribution in [2.75, 3.05) is 27.2 Å². The predicted molar refractivity (Wildman–Crippen MR) is 87.3 cm³/mol. The Morgan fingerprint density at radius 2 is 2.25 bits per heavy atom. The maximum Gasteiger partial charge on any atom is 0.237 e. The van der Waals surface area contributed by atoms with Crippen LogP contribution in [0, 0.1) is 0 Å². The van der Waals surface area contributed by atoms with Crippen molar-refractivity contribution in [2.24, 2.45) is 0 Å². The first-order chi connectivity index (χ1) is 11.6. The van der Waals surface area contributed by atoms with E-state index in [-0.39, 0.29) is 11.9 Å². The van der Waals surface area contributed by atoms with Crippen molar-refractivity contribution in [3.05, 3.63) is 36.5 Å². The molecule has 0 saturated heterocycles. The van der Waals surface area contributed by atoms with Crippen molar-refractivity contribution in [3.63, 3.8) is 0 Å². The van der Waals surface area contributed by atoms with Gasteiger partial charge in [0.25, 0.3) is 0 Å². The molecule has 0 aromatic carbocycles. The van der Waals surface area contributed by atoms with Gasteiger partial charge in [-0.05, 0) is 26.6 Å². The van der Waals surface area contributed by atoms with Crippen molar-refractivity contribution < 1.29 is 9.53 Å². The van der Waals surface area contributed by atoms with E-state index in [0.29, 0.717) is 25.6 Å². The standard InChI is InChI=1S/C16H22N6O2/c1-20(2)11-16(23)21-10-13-3-5-19-22(13)8-4-14(21)12-24-15-9-17-6-7-18-15/h3,5-7,9,14H,4,8,10-12H2,1-2H3. The number of hydrogen-bond donors (Lipinski definition) is 0. The molecule has 1 unspecified atom stereocenters. The van der Waals surface area contributed by atoms with E-state index in [9.17, 15) is 4.79 Å². The average Bonchev–Trinajstić information content (AvgIpc) is 2.93. The summed E-state index contributed by atoms with van der Waals surface area (Å²) in [6, 6.07) is 1.93. The third-order valence-electron chi connectivity index (χ3n) is 3.99. The van der Waals surface area contributed by atoms with Crippen LogP contribution in [0.25, 0.3) is 0 Å². The molecule has 0 spiro atoms. The van der Waals surface area contributed by atoms with Gasteiger partial charge in [0.2, 0.25) is 11.8 Å². The smallest absolute Gasteiger partial charge is 0.237 e. The molecule has 1 aliphatic heterocycles. The summed E-state index contributed by atoms with van der Waals surface area (Å²) in [7, 11) is 3.79. The van der Waals surface area contributed by atoms with Crippen molar-refractivity contribution in [1.82, 2.24) is 29.5 Å². The number of rotatable bonds is 5. The molecule has 0 radical (unpaired) electrons. The summed E-state index contributed by atoms with van der Waals surface area (Å²) in [5, 5.41) is 4.33. The molecular weight excluding hydrogens is 308 g/mol. The normalized spacial score (nSPS) is 17.5. The molecular formula is C16H22N6O2. The second kappa shape index (κ2) is 7.39. The minimum absolute atomic E-state index is 0.0267. The Hall–Kier alpha value is -2.48. The summed E-state index contributed by atoms with van der Waals surface area (Å²) in [6.45, 7) is 2.07. The van der Waals surface area contributed by atoms with E-state index < -0.39 is 0 Å². The highest BCUT2D eigenvalue weighted by molar-refractivity contribution is 5.78. The number of aryl methyl sites for hydroxylation is 1. The molecule has 0 fully saturated rings. The van der Waals surface area contributed by atoms with Crippen LogP contribution in [-0.2, 0) is 17.9 Å². The van der Waals surface area contributed by atoms with Crippen LogP contribution in [0.5, 0.6) is 5.88 Å². The van der Waals surface area contributed by atoms with Crippen molar-refractivity contribution >= 4 is 5.91 Å². The Balaban J connectivity index is 1.74. The van der Waals surface area contributed by atoms with Crippen LogP contribution in [0.15, 0.2) is 30.9 Å². The van der Waals surface area contributed by atoms with Gasteiger partial charge in [-0.25, -0.2) is 4.98 Å². The van der Waals surface area contributed by atoms with E-state index in [1.807, 2.05) is 34.6 Å². The van der Waals surface area contributed by atoms with Gasteiger partial charge >= 0.3 is 0 Å². The highest BCUT2D eigenvalue weighted by Gasteiger charge is 2.28. The first-order valence-corrected chi connectivity index (χ1v) is 7.97. The fourth-order valence-corrected chi connectivity index (χ4v) is 2.79. The molecule has 0 N–H and O–H groups in total. The fraction of sp³-hybridized carbons (Fsp3) is 0.500. The van der Waals surface area contributed by atoms with Gasteiger partial charge in [-0.15, -0.1) is 0 Å². The SMILES string of the molecule is CN(C)CC(=O)N1Cc2ccnn2CCC1COc1cnccn1. The van der Waals surface area contributed by atoms with Crippen molar-refractivity contribution in [3.8, 4) is 5.88 Å². The fourth-order valence-electron chi connectivity index (χ4n) is 2.79.